The number of nitrogens with two attached hydrogens (primary N) is 1. The summed E-state index contributed by atoms with van der Waals surface area (Å²) in [6, 6.07) is 3.50. The number of rotatable bonds is 4. The summed E-state index contributed by atoms with van der Waals surface area (Å²) in [5.41, 5.74) is 13.1. The van der Waals surface area contributed by atoms with Crippen LogP contribution in [0.25, 0.3) is 10.4 Å². The highest BCUT2D eigenvalue weighted by Gasteiger charge is 2.03. The number of carbonyl (C=O) groups excluding carboxylic acids is 1. The second-order valence-corrected chi connectivity index (χ2v) is 3.50. The smallest absolute Gasteiger partial charge is 0.258 e. The largest absolute Gasteiger partial charge is 0.365 e. The molecule has 68 valence electrons. The summed E-state index contributed by atoms with van der Waals surface area (Å²) in [5, 5.41) is 3.39. The van der Waals surface area contributed by atoms with Gasteiger partial charge >= 0.3 is 0 Å². The molecule has 6 heteroatoms. The number of amides is 1. The van der Waals surface area contributed by atoms with Crippen LogP contribution in [0.1, 0.15) is 14.5 Å². The minimum Gasteiger partial charge on any atom is -0.365 e. The van der Waals surface area contributed by atoms with E-state index in [2.05, 4.69) is 10.0 Å². The molecule has 0 unspecified atom stereocenters. The van der Waals surface area contributed by atoms with Crippen LogP contribution in [0.3, 0.4) is 0 Å². The zero-order valence-corrected chi connectivity index (χ0v) is 7.62. The van der Waals surface area contributed by atoms with Crippen molar-refractivity contribution in [3.63, 3.8) is 0 Å². The van der Waals surface area contributed by atoms with Crippen molar-refractivity contribution < 1.29 is 4.79 Å². The van der Waals surface area contributed by atoms with Crippen molar-refractivity contribution in [2.75, 3.05) is 6.54 Å². The van der Waals surface area contributed by atoms with Gasteiger partial charge in [0, 0.05) is 16.3 Å². The van der Waals surface area contributed by atoms with E-state index in [-0.39, 0.29) is 0 Å². The standard InChI is InChI=1S/C7H8N4OS/c8-7(12)6-2-1-5(13-6)3-4-10-11-9/h1-2H,3-4H2,(H2,8,12). The molecule has 1 aromatic rings. The van der Waals surface area contributed by atoms with Crippen LogP contribution in [-0.2, 0) is 6.42 Å². The molecule has 0 aliphatic carbocycles. The second-order valence-electron chi connectivity index (χ2n) is 2.33. The highest BCUT2D eigenvalue weighted by atomic mass is 32.1. The van der Waals surface area contributed by atoms with Crippen molar-refractivity contribution in [3.05, 3.63) is 32.3 Å². The van der Waals surface area contributed by atoms with Crippen LogP contribution in [0, 0.1) is 0 Å². The molecule has 2 N–H and O–H groups in total. The van der Waals surface area contributed by atoms with Gasteiger partial charge in [0.2, 0.25) is 0 Å². The molecule has 0 aliphatic rings. The average molecular weight is 196 g/mol. The first kappa shape index (κ1) is 9.57. The Balaban J connectivity index is 2.58. The molecule has 0 saturated heterocycles. The van der Waals surface area contributed by atoms with E-state index < -0.39 is 5.91 Å². The third-order valence-corrected chi connectivity index (χ3v) is 2.59. The molecule has 13 heavy (non-hydrogen) atoms. The van der Waals surface area contributed by atoms with Crippen LogP contribution in [0.2, 0.25) is 0 Å². The molecule has 1 rings (SSSR count). The van der Waals surface area contributed by atoms with E-state index >= 15 is 0 Å². The van der Waals surface area contributed by atoms with Crippen molar-refractivity contribution in [2.45, 2.75) is 6.42 Å². The maximum Gasteiger partial charge on any atom is 0.258 e. The fourth-order valence-corrected chi connectivity index (χ4v) is 1.70. The summed E-state index contributed by atoms with van der Waals surface area (Å²) in [6.07, 6.45) is 0.655. The number of hydrogen-bond donors (Lipinski definition) is 1. The summed E-state index contributed by atoms with van der Waals surface area (Å²) in [7, 11) is 0. The quantitative estimate of drug-likeness (QED) is 0.443. The normalized spacial score (nSPS) is 9.23. The number of primary amides is 1. The third-order valence-electron chi connectivity index (χ3n) is 1.43. The van der Waals surface area contributed by atoms with E-state index in [9.17, 15) is 4.79 Å². The molecule has 0 bridgehead atoms. The van der Waals surface area contributed by atoms with E-state index in [1.54, 1.807) is 6.07 Å². The Morgan fingerprint density at radius 2 is 2.46 bits per heavy atom. The molecule has 0 spiro atoms. The molecule has 0 fully saturated rings. The molecule has 0 saturated carbocycles. The van der Waals surface area contributed by atoms with Crippen LogP contribution in [-0.4, -0.2) is 12.5 Å². The molecule has 0 atom stereocenters. The van der Waals surface area contributed by atoms with Gasteiger partial charge < -0.3 is 5.73 Å². The van der Waals surface area contributed by atoms with Crippen molar-refractivity contribution in [1.29, 1.82) is 0 Å². The second kappa shape index (κ2) is 4.49. The van der Waals surface area contributed by atoms with Gasteiger partial charge in [0.15, 0.2) is 0 Å². The number of carbonyl (C=O) groups is 1. The molecule has 1 heterocycles. The van der Waals surface area contributed by atoms with Crippen LogP contribution in [0.5, 0.6) is 0 Å². The van der Waals surface area contributed by atoms with E-state index in [0.717, 1.165) is 4.88 Å². The van der Waals surface area contributed by atoms with Crippen molar-refractivity contribution in [3.8, 4) is 0 Å². The summed E-state index contributed by atoms with van der Waals surface area (Å²) in [4.78, 5) is 14.9. The Morgan fingerprint density at radius 3 is 3.00 bits per heavy atom. The fraction of sp³-hybridized carbons (Fsp3) is 0.286. The van der Waals surface area contributed by atoms with Crippen LogP contribution >= 0.6 is 11.3 Å². The summed E-state index contributed by atoms with van der Waals surface area (Å²) in [5.74, 6) is -0.417. The molecular weight excluding hydrogens is 188 g/mol. The molecule has 0 aromatic carbocycles. The van der Waals surface area contributed by atoms with Gasteiger partial charge in [-0.2, -0.15) is 0 Å². The highest BCUT2D eigenvalue weighted by molar-refractivity contribution is 7.14. The number of nitrogens with zero attached hydrogens (tertiary/aromatic N) is 3. The van der Waals surface area contributed by atoms with E-state index in [1.165, 1.54) is 11.3 Å². The van der Waals surface area contributed by atoms with Gasteiger partial charge in [-0.1, -0.05) is 5.11 Å². The maximum absolute atomic E-state index is 10.7. The zero-order valence-electron chi connectivity index (χ0n) is 6.80. The molecule has 0 radical (unpaired) electrons. The molecule has 1 aromatic heterocycles. The lowest BCUT2D eigenvalue weighted by molar-refractivity contribution is 0.100. The Kier molecular flexibility index (Phi) is 3.31. The van der Waals surface area contributed by atoms with Crippen molar-refractivity contribution in [2.24, 2.45) is 10.8 Å². The van der Waals surface area contributed by atoms with E-state index in [0.29, 0.717) is 17.8 Å². The first-order valence-corrected chi connectivity index (χ1v) is 4.45. The first-order valence-electron chi connectivity index (χ1n) is 3.63. The predicted octanol–water partition coefficient (Wildman–Crippen LogP) is 1.70. The van der Waals surface area contributed by atoms with Crippen LogP contribution in [0.15, 0.2) is 17.2 Å². The van der Waals surface area contributed by atoms with Gasteiger partial charge in [0.25, 0.3) is 5.91 Å². The Hall–Kier alpha value is -1.52. The van der Waals surface area contributed by atoms with Gasteiger partial charge in [-0.25, -0.2) is 0 Å². The zero-order chi connectivity index (χ0) is 9.68. The van der Waals surface area contributed by atoms with Gasteiger partial charge in [-0.15, -0.1) is 11.3 Å². The van der Waals surface area contributed by atoms with Gasteiger partial charge in [-0.05, 0) is 24.1 Å². The predicted molar refractivity (Wildman–Crippen MR) is 50.6 cm³/mol. The minimum atomic E-state index is -0.417. The topological polar surface area (TPSA) is 91.8 Å². The van der Waals surface area contributed by atoms with Crippen LogP contribution < -0.4 is 5.73 Å². The number of azide groups is 1. The molecule has 0 aliphatic heterocycles. The summed E-state index contributed by atoms with van der Waals surface area (Å²) in [6.45, 7) is 0.412. The lowest BCUT2D eigenvalue weighted by Gasteiger charge is -1.88. The molecule has 5 nitrogen and oxygen atoms in total. The molecule has 1 amide bonds. The minimum absolute atomic E-state index is 0.412. The van der Waals surface area contributed by atoms with Gasteiger partial charge in [0.05, 0.1) is 4.88 Å². The lowest BCUT2D eigenvalue weighted by atomic mass is 10.3. The highest BCUT2D eigenvalue weighted by Crippen LogP contribution is 2.16. The number of hydrogen-bond acceptors (Lipinski definition) is 3. The van der Waals surface area contributed by atoms with Gasteiger partial charge in [0.1, 0.15) is 0 Å². The average Bonchev–Trinajstić information content (AvgIpc) is 2.53. The monoisotopic (exact) mass is 196 g/mol. The van der Waals surface area contributed by atoms with Crippen LogP contribution in [0.4, 0.5) is 0 Å². The van der Waals surface area contributed by atoms with Crippen molar-refractivity contribution in [1.82, 2.24) is 0 Å². The third kappa shape index (κ3) is 2.77. The van der Waals surface area contributed by atoms with Crippen molar-refractivity contribution >= 4 is 17.2 Å². The fourth-order valence-electron chi connectivity index (χ4n) is 0.850. The Labute approximate surface area is 78.8 Å². The maximum atomic E-state index is 10.7. The van der Waals surface area contributed by atoms with E-state index in [1.807, 2.05) is 6.07 Å². The first-order chi connectivity index (χ1) is 6.24. The summed E-state index contributed by atoms with van der Waals surface area (Å²) >= 11 is 1.33. The number of thiophene rings is 1. The molecular formula is C7H8N4OS. The summed E-state index contributed by atoms with van der Waals surface area (Å²) < 4.78 is 0. The van der Waals surface area contributed by atoms with Gasteiger partial charge in [-0.3, -0.25) is 4.79 Å². The Morgan fingerprint density at radius 1 is 1.69 bits per heavy atom. The Bertz CT molecular complexity index is 353. The SMILES string of the molecule is [N-]=[N+]=NCCc1ccc(C(N)=O)s1. The lowest BCUT2D eigenvalue weighted by Crippen LogP contribution is -2.08. The van der Waals surface area contributed by atoms with E-state index in [4.69, 9.17) is 11.3 Å².